The average molecular weight is 608 g/mol. The largest absolute Gasteiger partial charge is 0.480 e. The van der Waals surface area contributed by atoms with Crippen molar-refractivity contribution in [1.29, 1.82) is 0 Å². The normalized spacial score (nSPS) is 14.5. The summed E-state index contributed by atoms with van der Waals surface area (Å²) in [7, 11) is 2.99. The highest BCUT2D eigenvalue weighted by molar-refractivity contribution is 6.39. The molecule has 5 rings (SSSR count). The van der Waals surface area contributed by atoms with E-state index in [9.17, 15) is 14.4 Å². The van der Waals surface area contributed by atoms with Crippen molar-refractivity contribution >= 4 is 40.7 Å². The summed E-state index contributed by atoms with van der Waals surface area (Å²) < 4.78 is 6.59. The third kappa shape index (κ3) is 6.13. The second-order valence-corrected chi connectivity index (χ2v) is 10.4. The van der Waals surface area contributed by atoms with Crippen LogP contribution in [0.1, 0.15) is 28.9 Å². The van der Waals surface area contributed by atoms with Gasteiger partial charge in [0.2, 0.25) is 11.8 Å². The molecular weight excluding hydrogens is 581 g/mol. The van der Waals surface area contributed by atoms with Gasteiger partial charge in [-0.25, -0.2) is 9.67 Å². The molecule has 4 aromatic rings. The molecule has 3 heterocycles. The maximum atomic E-state index is 12.8. The lowest BCUT2D eigenvalue weighted by Crippen LogP contribution is -2.35. The van der Waals surface area contributed by atoms with Crippen LogP contribution in [0.25, 0.3) is 22.4 Å². The fraction of sp³-hybridized carbons (Fsp3) is 0.241. The van der Waals surface area contributed by atoms with Crippen molar-refractivity contribution in [2.45, 2.75) is 25.4 Å². The van der Waals surface area contributed by atoms with Gasteiger partial charge in [0, 0.05) is 55.5 Å². The summed E-state index contributed by atoms with van der Waals surface area (Å²) in [5.74, 6) is -0.193. The van der Waals surface area contributed by atoms with Crippen LogP contribution >= 0.6 is 23.2 Å². The second kappa shape index (κ2) is 12.7. The van der Waals surface area contributed by atoms with Crippen LogP contribution in [0.5, 0.6) is 5.88 Å². The summed E-state index contributed by atoms with van der Waals surface area (Å²) in [6.07, 6.45) is 4.33. The maximum absolute atomic E-state index is 12.8. The van der Waals surface area contributed by atoms with Gasteiger partial charge in [0.1, 0.15) is 11.3 Å². The molecule has 0 saturated carbocycles. The highest BCUT2D eigenvalue weighted by Crippen LogP contribution is 2.41. The Labute approximate surface area is 251 Å². The Morgan fingerprint density at radius 3 is 2.57 bits per heavy atom. The third-order valence-corrected chi connectivity index (χ3v) is 7.65. The minimum Gasteiger partial charge on any atom is -0.480 e. The minimum absolute atomic E-state index is 0.0644. The van der Waals surface area contributed by atoms with Crippen LogP contribution in [0.15, 0.2) is 59.7 Å². The Morgan fingerprint density at radius 2 is 1.83 bits per heavy atom. The average Bonchev–Trinajstić information content (AvgIpc) is 3.40. The van der Waals surface area contributed by atoms with E-state index >= 15 is 0 Å². The Bertz CT molecular complexity index is 1730. The number of rotatable bonds is 9. The van der Waals surface area contributed by atoms with E-state index in [0.29, 0.717) is 64.2 Å². The second-order valence-electron chi connectivity index (χ2n) is 9.61. The van der Waals surface area contributed by atoms with Crippen molar-refractivity contribution in [3.63, 3.8) is 0 Å². The molecule has 0 spiro atoms. The van der Waals surface area contributed by atoms with Gasteiger partial charge in [0.05, 0.1) is 34.7 Å². The molecule has 2 aromatic carbocycles. The van der Waals surface area contributed by atoms with E-state index in [4.69, 9.17) is 27.9 Å². The molecule has 2 amide bonds. The molecule has 3 N–H and O–H groups in total. The van der Waals surface area contributed by atoms with E-state index in [2.05, 4.69) is 31.0 Å². The molecule has 2 aromatic heterocycles. The monoisotopic (exact) mass is 607 g/mol. The summed E-state index contributed by atoms with van der Waals surface area (Å²) in [4.78, 5) is 45.8. The van der Waals surface area contributed by atoms with Crippen LogP contribution in [-0.2, 0) is 18.4 Å². The first-order valence-electron chi connectivity index (χ1n) is 13.1. The Kier molecular flexibility index (Phi) is 8.81. The predicted molar refractivity (Wildman–Crippen MR) is 160 cm³/mol. The molecule has 1 aliphatic heterocycles. The summed E-state index contributed by atoms with van der Waals surface area (Å²) in [6.45, 7) is 1.03. The number of carbonyl (C=O) groups is 2. The van der Waals surface area contributed by atoms with E-state index in [-0.39, 0.29) is 22.5 Å². The number of ether oxygens (including phenoxy) is 1. The van der Waals surface area contributed by atoms with Crippen molar-refractivity contribution in [2.24, 2.45) is 7.05 Å². The summed E-state index contributed by atoms with van der Waals surface area (Å²) in [5, 5.41) is 13.4. The molecular formula is C29H27Cl2N7O4. The highest BCUT2D eigenvalue weighted by Gasteiger charge is 2.21. The lowest BCUT2D eigenvalue weighted by molar-refractivity contribution is -0.119. The summed E-state index contributed by atoms with van der Waals surface area (Å²) >= 11 is 13.6. The summed E-state index contributed by atoms with van der Waals surface area (Å²) in [6, 6.07) is 12.0. The number of nitrogens with zero attached hydrogens (tertiary/aromatic N) is 4. The molecule has 1 saturated heterocycles. The van der Waals surface area contributed by atoms with Crippen molar-refractivity contribution in [2.75, 3.05) is 19.0 Å². The Hall–Kier alpha value is -4.32. The number of carbonyl (C=O) groups excluding carboxylic acids is 2. The van der Waals surface area contributed by atoms with Crippen LogP contribution in [-0.4, -0.2) is 51.3 Å². The number of aryl methyl sites for hydroxylation is 1. The molecule has 1 unspecified atom stereocenters. The van der Waals surface area contributed by atoms with Crippen LogP contribution in [0.2, 0.25) is 10.0 Å². The number of hydrogen-bond acceptors (Lipinski definition) is 8. The van der Waals surface area contributed by atoms with Gasteiger partial charge < -0.3 is 20.7 Å². The van der Waals surface area contributed by atoms with Crippen molar-refractivity contribution in [3.05, 3.63) is 86.5 Å². The topological polar surface area (TPSA) is 140 Å². The molecule has 42 heavy (non-hydrogen) atoms. The van der Waals surface area contributed by atoms with E-state index in [1.54, 1.807) is 24.4 Å². The first-order valence-corrected chi connectivity index (χ1v) is 13.8. The van der Waals surface area contributed by atoms with Gasteiger partial charge in [-0.1, -0.05) is 53.5 Å². The van der Waals surface area contributed by atoms with Gasteiger partial charge >= 0.3 is 0 Å². The van der Waals surface area contributed by atoms with E-state index in [0.717, 1.165) is 11.1 Å². The predicted octanol–water partition coefficient (Wildman–Crippen LogP) is 3.84. The van der Waals surface area contributed by atoms with Crippen molar-refractivity contribution in [3.8, 4) is 28.3 Å². The van der Waals surface area contributed by atoms with Crippen LogP contribution in [0.3, 0.4) is 0 Å². The van der Waals surface area contributed by atoms with Gasteiger partial charge in [-0.2, -0.15) is 5.10 Å². The molecule has 0 bridgehead atoms. The number of methoxy groups -OCH3 is 1. The fourth-order valence-corrected chi connectivity index (χ4v) is 5.25. The Balaban J connectivity index is 1.38. The first-order chi connectivity index (χ1) is 20.3. The number of aromatic nitrogens is 4. The maximum Gasteiger partial charge on any atom is 0.279 e. The summed E-state index contributed by atoms with van der Waals surface area (Å²) in [5.41, 5.74) is 2.63. The molecule has 216 valence electrons. The number of anilines is 1. The number of nitrogens with one attached hydrogen (secondary N) is 3. The zero-order valence-corrected chi connectivity index (χ0v) is 24.3. The van der Waals surface area contributed by atoms with Crippen molar-refractivity contribution in [1.82, 2.24) is 30.4 Å². The molecule has 1 aliphatic rings. The van der Waals surface area contributed by atoms with Crippen LogP contribution in [0.4, 0.5) is 5.69 Å². The lowest BCUT2D eigenvalue weighted by Gasteiger charge is -2.15. The molecule has 1 fully saturated rings. The van der Waals surface area contributed by atoms with Gasteiger partial charge in [-0.15, -0.1) is 0 Å². The van der Waals surface area contributed by atoms with Gasteiger partial charge in [0.25, 0.3) is 11.5 Å². The zero-order valence-electron chi connectivity index (χ0n) is 22.8. The highest BCUT2D eigenvalue weighted by atomic mass is 35.5. The third-order valence-electron chi connectivity index (χ3n) is 6.83. The zero-order chi connectivity index (χ0) is 29.8. The van der Waals surface area contributed by atoms with Gasteiger partial charge in [-0.3, -0.25) is 19.4 Å². The number of halogens is 2. The quantitative estimate of drug-likeness (QED) is 0.261. The number of benzene rings is 2. The molecule has 0 radical (unpaired) electrons. The minimum atomic E-state index is -0.609. The molecule has 11 nitrogen and oxygen atoms in total. The molecule has 1 atom stereocenters. The standard InChI is InChI=1S/C29H27Cl2N7O4/c1-38-29(41)20(11-12-34-38)27(40)36-21-8-4-6-18(26(21)31)17-5-3-7-19(25(17)30)22-15-33-23(28(37-22)42-2)14-32-13-16-9-10-24(39)35-16/h3-8,11-12,15-16,32H,9-10,13-14H2,1-2H3,(H,35,39)(H,36,40). The SMILES string of the molecule is COc1nc(-c2cccc(-c3cccc(NC(=O)c4ccnn(C)c4=O)c3Cl)c2Cl)cnc1CNCC1CCC(=O)N1. The van der Waals surface area contributed by atoms with Gasteiger partial charge in [-0.05, 0) is 18.6 Å². The smallest absolute Gasteiger partial charge is 0.279 e. The van der Waals surface area contributed by atoms with Gasteiger partial charge in [0.15, 0.2) is 0 Å². The number of amides is 2. The first kappa shape index (κ1) is 29.2. The van der Waals surface area contributed by atoms with Crippen LogP contribution < -0.4 is 26.2 Å². The number of hydrogen-bond donors (Lipinski definition) is 3. The van der Waals surface area contributed by atoms with E-state index < -0.39 is 11.5 Å². The van der Waals surface area contributed by atoms with E-state index in [1.807, 2.05) is 18.2 Å². The Morgan fingerprint density at radius 1 is 1.10 bits per heavy atom. The van der Waals surface area contributed by atoms with Crippen molar-refractivity contribution < 1.29 is 14.3 Å². The fourth-order valence-electron chi connectivity index (χ4n) is 4.65. The molecule has 0 aliphatic carbocycles. The molecule has 13 heteroatoms. The lowest BCUT2D eigenvalue weighted by atomic mass is 10.0. The van der Waals surface area contributed by atoms with E-state index in [1.165, 1.54) is 26.4 Å². The van der Waals surface area contributed by atoms with Crippen LogP contribution in [0, 0.1) is 0 Å².